The lowest BCUT2D eigenvalue weighted by Crippen LogP contribution is -2.03. The van der Waals surface area contributed by atoms with Gasteiger partial charge in [-0.15, -0.1) is 0 Å². The first-order chi connectivity index (χ1) is 23.8. The fraction of sp³-hybridized carbons (Fsp3) is 0.0455. The van der Waals surface area contributed by atoms with Gasteiger partial charge in [-0.05, 0) is 53.8 Å². The van der Waals surface area contributed by atoms with E-state index in [2.05, 4.69) is 162 Å². The molecule has 4 heteroatoms. The lowest BCUT2D eigenvalue weighted by atomic mass is 9.94. The van der Waals surface area contributed by atoms with Crippen LogP contribution in [0, 0.1) is 0 Å². The van der Waals surface area contributed by atoms with Crippen molar-refractivity contribution in [2.75, 3.05) is 0 Å². The lowest BCUT2D eigenvalue weighted by Gasteiger charge is -2.14. The summed E-state index contributed by atoms with van der Waals surface area (Å²) in [4.78, 5) is 10.5. The standard InChI is InChI=1S/C44H30N4/c1-2-47-39-22-12-9-17-31(39)33-25-24-29(26-41(33)47)36-27-37-32-18-10-13-23-40(32)48(43(37)34-19-7-6-16-30(34)36)44-45-38-21-11-8-20-35(38)42(46-44)28-14-4-3-5-15-28/h3-27H,2H2,1H3. The summed E-state index contributed by atoms with van der Waals surface area (Å²) < 4.78 is 4.70. The predicted molar refractivity (Wildman–Crippen MR) is 201 cm³/mol. The molecule has 7 aromatic carbocycles. The second kappa shape index (κ2) is 10.4. The molecule has 0 unspecified atom stereocenters. The van der Waals surface area contributed by atoms with E-state index in [0.29, 0.717) is 5.95 Å². The van der Waals surface area contributed by atoms with Gasteiger partial charge in [0.1, 0.15) is 0 Å². The van der Waals surface area contributed by atoms with E-state index >= 15 is 0 Å². The summed E-state index contributed by atoms with van der Waals surface area (Å²) in [5.74, 6) is 0.672. The Labute approximate surface area is 277 Å². The third kappa shape index (κ3) is 3.83. The second-order valence-corrected chi connectivity index (χ2v) is 12.5. The fourth-order valence-corrected chi connectivity index (χ4v) is 7.81. The molecule has 3 aromatic heterocycles. The third-order valence-corrected chi connectivity index (χ3v) is 9.91. The normalized spacial score (nSPS) is 11.9. The molecule has 48 heavy (non-hydrogen) atoms. The minimum absolute atomic E-state index is 0.672. The molecule has 0 amide bonds. The largest absolute Gasteiger partial charge is 0.341 e. The van der Waals surface area contributed by atoms with Crippen LogP contribution in [-0.4, -0.2) is 19.1 Å². The highest BCUT2D eigenvalue weighted by Crippen LogP contribution is 2.42. The van der Waals surface area contributed by atoms with Gasteiger partial charge >= 0.3 is 0 Å². The van der Waals surface area contributed by atoms with E-state index in [4.69, 9.17) is 9.97 Å². The van der Waals surface area contributed by atoms with E-state index in [-0.39, 0.29) is 0 Å². The molecule has 10 rings (SSSR count). The maximum atomic E-state index is 5.32. The molecule has 0 aliphatic rings. The van der Waals surface area contributed by atoms with Gasteiger partial charge in [-0.25, -0.2) is 9.97 Å². The summed E-state index contributed by atoms with van der Waals surface area (Å²) in [6.45, 7) is 3.14. The Balaban J connectivity index is 1.30. The molecule has 0 spiro atoms. The van der Waals surface area contributed by atoms with Gasteiger partial charge in [-0.1, -0.05) is 121 Å². The first kappa shape index (κ1) is 26.9. The van der Waals surface area contributed by atoms with Crippen molar-refractivity contribution >= 4 is 65.3 Å². The molecule has 0 saturated carbocycles. The van der Waals surface area contributed by atoms with Crippen molar-refractivity contribution in [3.8, 4) is 28.3 Å². The number of nitrogens with zero attached hydrogens (tertiary/aromatic N) is 4. The zero-order chi connectivity index (χ0) is 31.8. The van der Waals surface area contributed by atoms with Crippen molar-refractivity contribution in [2.24, 2.45) is 0 Å². The van der Waals surface area contributed by atoms with Gasteiger partial charge in [0.05, 0.1) is 22.2 Å². The zero-order valence-corrected chi connectivity index (χ0v) is 26.4. The topological polar surface area (TPSA) is 35.6 Å². The van der Waals surface area contributed by atoms with Gasteiger partial charge in [0, 0.05) is 55.5 Å². The van der Waals surface area contributed by atoms with Gasteiger partial charge in [-0.3, -0.25) is 4.57 Å². The molecule has 226 valence electrons. The number of hydrogen-bond donors (Lipinski definition) is 0. The van der Waals surface area contributed by atoms with Gasteiger partial charge < -0.3 is 4.57 Å². The molecule has 4 nitrogen and oxygen atoms in total. The average molecular weight is 615 g/mol. The van der Waals surface area contributed by atoms with Crippen molar-refractivity contribution in [2.45, 2.75) is 13.5 Å². The number of aromatic nitrogens is 4. The molecule has 0 radical (unpaired) electrons. The van der Waals surface area contributed by atoms with Crippen LogP contribution in [0.5, 0.6) is 0 Å². The highest BCUT2D eigenvalue weighted by Gasteiger charge is 2.21. The van der Waals surface area contributed by atoms with Crippen molar-refractivity contribution in [3.05, 3.63) is 152 Å². The molecular formula is C44H30N4. The summed E-state index contributed by atoms with van der Waals surface area (Å²) in [6.07, 6.45) is 0. The van der Waals surface area contributed by atoms with Crippen molar-refractivity contribution < 1.29 is 0 Å². The highest BCUT2D eigenvalue weighted by atomic mass is 15.2. The number of fused-ring (bicyclic) bond motifs is 9. The molecule has 0 bridgehead atoms. The summed E-state index contributed by atoms with van der Waals surface area (Å²) in [5.41, 5.74) is 10.1. The van der Waals surface area contributed by atoms with Crippen molar-refractivity contribution in [3.63, 3.8) is 0 Å². The van der Waals surface area contributed by atoms with Crippen LogP contribution in [0.2, 0.25) is 0 Å². The average Bonchev–Trinajstić information content (AvgIpc) is 3.66. The fourth-order valence-electron chi connectivity index (χ4n) is 7.81. The number of hydrogen-bond acceptors (Lipinski definition) is 2. The minimum Gasteiger partial charge on any atom is -0.341 e. The first-order valence-corrected chi connectivity index (χ1v) is 16.6. The van der Waals surface area contributed by atoms with E-state index in [1.54, 1.807) is 0 Å². The number of aryl methyl sites for hydroxylation is 1. The Morgan fingerprint density at radius 1 is 0.458 bits per heavy atom. The number of para-hydroxylation sites is 3. The summed E-state index contributed by atoms with van der Waals surface area (Å²) >= 11 is 0. The summed E-state index contributed by atoms with van der Waals surface area (Å²) in [5, 5.41) is 8.39. The maximum absolute atomic E-state index is 5.32. The molecule has 0 aliphatic heterocycles. The summed E-state index contributed by atoms with van der Waals surface area (Å²) in [7, 11) is 0. The number of benzene rings is 7. The van der Waals surface area contributed by atoms with Crippen LogP contribution < -0.4 is 0 Å². The second-order valence-electron chi connectivity index (χ2n) is 12.5. The first-order valence-electron chi connectivity index (χ1n) is 16.6. The Bertz CT molecular complexity index is 2880. The Morgan fingerprint density at radius 3 is 1.88 bits per heavy atom. The van der Waals surface area contributed by atoms with E-state index < -0.39 is 0 Å². The Hall–Kier alpha value is -6.26. The predicted octanol–water partition coefficient (Wildman–Crippen LogP) is 11.3. The van der Waals surface area contributed by atoms with Crippen LogP contribution >= 0.6 is 0 Å². The molecule has 0 aliphatic carbocycles. The maximum Gasteiger partial charge on any atom is 0.235 e. The van der Waals surface area contributed by atoms with Crippen LogP contribution in [0.15, 0.2) is 152 Å². The molecule has 0 fully saturated rings. The molecule has 0 N–H and O–H groups in total. The van der Waals surface area contributed by atoms with Gasteiger partial charge in [0.2, 0.25) is 5.95 Å². The Kier molecular flexibility index (Phi) is 5.82. The zero-order valence-electron chi connectivity index (χ0n) is 26.4. The molecule has 3 heterocycles. The summed E-state index contributed by atoms with van der Waals surface area (Å²) in [6, 6.07) is 54.3. The van der Waals surface area contributed by atoms with Crippen LogP contribution in [0.3, 0.4) is 0 Å². The number of rotatable bonds is 4. The SMILES string of the molecule is CCn1c2ccccc2c2ccc(-c3cc4c5ccccc5n(-c5nc(-c6ccccc6)c6ccccc6n5)c4c4ccccc34)cc21. The van der Waals surface area contributed by atoms with Crippen LogP contribution in [-0.2, 0) is 6.54 Å². The van der Waals surface area contributed by atoms with Crippen LogP contribution in [0.4, 0.5) is 0 Å². The quantitative estimate of drug-likeness (QED) is 0.198. The molecule has 0 saturated heterocycles. The van der Waals surface area contributed by atoms with Crippen LogP contribution in [0.25, 0.3) is 93.6 Å². The van der Waals surface area contributed by atoms with Crippen LogP contribution in [0.1, 0.15) is 6.92 Å². The smallest absolute Gasteiger partial charge is 0.235 e. The highest BCUT2D eigenvalue weighted by molar-refractivity contribution is 6.22. The van der Waals surface area contributed by atoms with E-state index in [1.807, 2.05) is 6.07 Å². The van der Waals surface area contributed by atoms with E-state index in [0.717, 1.165) is 39.7 Å². The van der Waals surface area contributed by atoms with Gasteiger partial charge in [0.25, 0.3) is 0 Å². The molecular weight excluding hydrogens is 585 g/mol. The molecule has 0 atom stereocenters. The minimum atomic E-state index is 0.672. The monoisotopic (exact) mass is 614 g/mol. The lowest BCUT2D eigenvalue weighted by molar-refractivity contribution is 0.827. The third-order valence-electron chi connectivity index (χ3n) is 9.91. The Morgan fingerprint density at radius 2 is 1.08 bits per heavy atom. The van der Waals surface area contributed by atoms with E-state index in [9.17, 15) is 0 Å². The van der Waals surface area contributed by atoms with Crippen molar-refractivity contribution in [1.82, 2.24) is 19.1 Å². The van der Waals surface area contributed by atoms with E-state index in [1.165, 1.54) is 54.5 Å². The molecule has 10 aromatic rings. The van der Waals surface area contributed by atoms with Gasteiger partial charge in [-0.2, -0.15) is 0 Å². The van der Waals surface area contributed by atoms with Gasteiger partial charge in [0.15, 0.2) is 0 Å². The van der Waals surface area contributed by atoms with Crippen molar-refractivity contribution in [1.29, 1.82) is 0 Å².